The fourth-order valence-electron chi connectivity index (χ4n) is 3.96. The number of ether oxygens (including phenoxy) is 2. The summed E-state index contributed by atoms with van der Waals surface area (Å²) >= 11 is 0. The zero-order valence-electron chi connectivity index (χ0n) is 19.7. The number of likely N-dealkylation sites (tertiary alicyclic amines) is 1. The smallest absolute Gasteiger partial charge is 0.295 e. The number of aliphatic hydroxyl groups excluding tert-OH is 1. The summed E-state index contributed by atoms with van der Waals surface area (Å²) in [5, 5.41) is 11.1. The van der Waals surface area contributed by atoms with E-state index in [1.807, 2.05) is 57.1 Å². The van der Waals surface area contributed by atoms with Gasteiger partial charge >= 0.3 is 0 Å². The van der Waals surface area contributed by atoms with Crippen molar-refractivity contribution in [3.8, 4) is 11.5 Å². The molecule has 0 saturated carbocycles. The molecule has 176 valence electrons. The minimum Gasteiger partial charge on any atom is -0.507 e. The van der Waals surface area contributed by atoms with Gasteiger partial charge in [0.15, 0.2) is 0 Å². The molecule has 33 heavy (non-hydrogen) atoms. The number of benzene rings is 2. The monoisotopic (exact) mass is 452 g/mol. The number of aliphatic hydroxyl groups is 1. The number of rotatable bonds is 10. The highest BCUT2D eigenvalue weighted by atomic mass is 16.5. The molecule has 1 atom stereocenters. The van der Waals surface area contributed by atoms with Gasteiger partial charge in [0.25, 0.3) is 11.7 Å². The van der Waals surface area contributed by atoms with Gasteiger partial charge in [0, 0.05) is 12.1 Å². The Bertz CT molecular complexity index is 996. The summed E-state index contributed by atoms with van der Waals surface area (Å²) in [6.07, 6.45) is 0.705. The molecule has 0 radical (unpaired) electrons. The number of ketones is 1. The first-order chi connectivity index (χ1) is 15.9. The minimum atomic E-state index is -0.676. The Morgan fingerprint density at radius 1 is 0.939 bits per heavy atom. The van der Waals surface area contributed by atoms with E-state index in [0.717, 1.165) is 12.1 Å². The minimum absolute atomic E-state index is 0.0955. The van der Waals surface area contributed by atoms with Crippen molar-refractivity contribution in [2.45, 2.75) is 26.3 Å². The molecule has 0 unspecified atom stereocenters. The second-order valence-corrected chi connectivity index (χ2v) is 8.11. The molecule has 0 spiro atoms. The van der Waals surface area contributed by atoms with Crippen molar-refractivity contribution in [3.05, 3.63) is 65.2 Å². The number of amides is 1. The van der Waals surface area contributed by atoms with Gasteiger partial charge in [-0.25, -0.2) is 0 Å². The second kappa shape index (κ2) is 11.0. The van der Waals surface area contributed by atoms with E-state index in [0.29, 0.717) is 43.2 Å². The molecule has 1 aliphatic rings. The van der Waals surface area contributed by atoms with Crippen LogP contribution in [0.5, 0.6) is 11.5 Å². The largest absolute Gasteiger partial charge is 0.507 e. The van der Waals surface area contributed by atoms with E-state index in [-0.39, 0.29) is 11.3 Å². The van der Waals surface area contributed by atoms with Crippen molar-refractivity contribution in [3.63, 3.8) is 0 Å². The van der Waals surface area contributed by atoms with Crippen molar-refractivity contribution in [1.82, 2.24) is 9.80 Å². The van der Waals surface area contributed by atoms with Crippen LogP contribution in [0.4, 0.5) is 0 Å². The van der Waals surface area contributed by atoms with Crippen LogP contribution in [0.3, 0.4) is 0 Å². The fraction of sp³-hybridized carbons (Fsp3) is 0.385. The van der Waals surface area contributed by atoms with Crippen molar-refractivity contribution in [2.75, 3.05) is 40.4 Å². The Balaban J connectivity index is 2.03. The fourth-order valence-corrected chi connectivity index (χ4v) is 3.96. The van der Waals surface area contributed by atoms with E-state index in [1.165, 1.54) is 0 Å². The van der Waals surface area contributed by atoms with Crippen molar-refractivity contribution in [2.24, 2.45) is 0 Å². The van der Waals surface area contributed by atoms with Crippen LogP contribution in [0.15, 0.2) is 54.1 Å². The van der Waals surface area contributed by atoms with E-state index in [1.54, 1.807) is 29.2 Å². The van der Waals surface area contributed by atoms with E-state index < -0.39 is 17.7 Å². The molecule has 1 aliphatic heterocycles. The van der Waals surface area contributed by atoms with Gasteiger partial charge in [-0.15, -0.1) is 0 Å². The third-order valence-electron chi connectivity index (χ3n) is 5.49. The molecule has 0 bridgehead atoms. The van der Waals surface area contributed by atoms with Crippen LogP contribution in [0.1, 0.15) is 37.4 Å². The van der Waals surface area contributed by atoms with Gasteiger partial charge in [0.05, 0.1) is 24.8 Å². The number of hydrogen-bond acceptors (Lipinski definition) is 6. The maximum absolute atomic E-state index is 13.1. The highest BCUT2D eigenvalue weighted by Crippen LogP contribution is 2.40. The standard InChI is InChI=1S/C26H32N2O5/c1-5-32-20-12-8-18(9-13-20)23-22(24(29)19-10-14-21(15-11-19)33-6-2)25(30)26(31)28(23)17-7-16-27(3)4/h8-15,23,29H,5-7,16-17H2,1-4H3/t23-/m1/s1. The maximum Gasteiger partial charge on any atom is 0.295 e. The molecule has 1 N–H and O–H groups in total. The van der Waals surface area contributed by atoms with Gasteiger partial charge in [0.2, 0.25) is 0 Å². The Hall–Kier alpha value is -3.32. The molecule has 2 aromatic carbocycles. The topological polar surface area (TPSA) is 79.3 Å². The predicted octanol–water partition coefficient (Wildman–Crippen LogP) is 3.86. The van der Waals surface area contributed by atoms with Crippen LogP contribution < -0.4 is 9.47 Å². The molecule has 1 fully saturated rings. The number of hydrogen-bond donors (Lipinski definition) is 1. The lowest BCUT2D eigenvalue weighted by Gasteiger charge is -2.26. The Morgan fingerprint density at radius 3 is 2.00 bits per heavy atom. The summed E-state index contributed by atoms with van der Waals surface area (Å²) in [4.78, 5) is 29.7. The van der Waals surface area contributed by atoms with Crippen LogP contribution in [0, 0.1) is 0 Å². The van der Waals surface area contributed by atoms with E-state index in [4.69, 9.17) is 9.47 Å². The summed E-state index contributed by atoms with van der Waals surface area (Å²) in [6.45, 7) is 6.05. The molecule has 7 nitrogen and oxygen atoms in total. The normalized spacial score (nSPS) is 17.6. The summed E-state index contributed by atoms with van der Waals surface area (Å²) in [7, 11) is 3.92. The average molecular weight is 453 g/mol. The maximum atomic E-state index is 13.1. The molecule has 0 aromatic heterocycles. The Morgan fingerprint density at radius 2 is 1.48 bits per heavy atom. The zero-order valence-corrected chi connectivity index (χ0v) is 19.7. The van der Waals surface area contributed by atoms with Crippen molar-refractivity contribution >= 4 is 17.4 Å². The summed E-state index contributed by atoms with van der Waals surface area (Å²) in [5.41, 5.74) is 1.30. The van der Waals surface area contributed by atoms with Crippen LogP contribution in [0.2, 0.25) is 0 Å². The van der Waals surface area contributed by atoms with Gasteiger partial charge in [-0.3, -0.25) is 9.59 Å². The highest BCUT2D eigenvalue weighted by molar-refractivity contribution is 6.46. The van der Waals surface area contributed by atoms with Crippen molar-refractivity contribution in [1.29, 1.82) is 0 Å². The first kappa shape index (κ1) is 24.3. The third kappa shape index (κ3) is 5.54. The first-order valence-corrected chi connectivity index (χ1v) is 11.3. The summed E-state index contributed by atoms with van der Waals surface area (Å²) in [6, 6.07) is 13.5. The first-order valence-electron chi connectivity index (χ1n) is 11.3. The van der Waals surface area contributed by atoms with E-state index in [9.17, 15) is 14.7 Å². The number of carbonyl (C=O) groups is 2. The average Bonchev–Trinajstić information content (AvgIpc) is 3.05. The van der Waals surface area contributed by atoms with Gasteiger partial charge in [-0.1, -0.05) is 12.1 Å². The molecule has 7 heteroatoms. The Kier molecular flexibility index (Phi) is 8.11. The summed E-state index contributed by atoms with van der Waals surface area (Å²) < 4.78 is 11.0. The summed E-state index contributed by atoms with van der Waals surface area (Å²) in [5.74, 6) is -0.0887. The SMILES string of the molecule is CCOc1ccc(C(O)=C2C(=O)C(=O)N(CCCN(C)C)[C@@H]2c2ccc(OCC)cc2)cc1. The van der Waals surface area contributed by atoms with E-state index >= 15 is 0 Å². The number of Topliss-reactive ketones (excluding diaryl/α,β-unsaturated/α-hetero) is 1. The third-order valence-corrected chi connectivity index (χ3v) is 5.49. The predicted molar refractivity (Wildman–Crippen MR) is 127 cm³/mol. The molecule has 1 heterocycles. The van der Waals surface area contributed by atoms with Gasteiger partial charge < -0.3 is 24.4 Å². The molecular formula is C26H32N2O5. The van der Waals surface area contributed by atoms with Crippen molar-refractivity contribution < 1.29 is 24.2 Å². The lowest BCUT2D eigenvalue weighted by Crippen LogP contribution is -2.32. The lowest BCUT2D eigenvalue weighted by atomic mass is 9.95. The molecule has 3 rings (SSSR count). The molecular weight excluding hydrogens is 420 g/mol. The van der Waals surface area contributed by atoms with Gasteiger partial charge in [0.1, 0.15) is 17.3 Å². The van der Waals surface area contributed by atoms with Crippen LogP contribution in [-0.2, 0) is 9.59 Å². The van der Waals surface area contributed by atoms with Gasteiger partial charge in [-0.05, 0) is 82.9 Å². The number of nitrogens with zero attached hydrogens (tertiary/aromatic N) is 2. The second-order valence-electron chi connectivity index (χ2n) is 8.11. The highest BCUT2D eigenvalue weighted by Gasteiger charge is 2.45. The van der Waals surface area contributed by atoms with Crippen LogP contribution in [0.25, 0.3) is 5.76 Å². The Labute approximate surface area is 195 Å². The zero-order chi connectivity index (χ0) is 24.0. The van der Waals surface area contributed by atoms with Crippen LogP contribution in [-0.4, -0.2) is 67.0 Å². The molecule has 2 aromatic rings. The molecule has 0 aliphatic carbocycles. The molecule has 1 saturated heterocycles. The van der Waals surface area contributed by atoms with E-state index in [2.05, 4.69) is 0 Å². The quantitative estimate of drug-likeness (QED) is 0.335. The van der Waals surface area contributed by atoms with Crippen LogP contribution >= 0.6 is 0 Å². The lowest BCUT2D eigenvalue weighted by molar-refractivity contribution is -0.139. The number of carbonyl (C=O) groups excluding carboxylic acids is 2. The van der Waals surface area contributed by atoms with Gasteiger partial charge in [-0.2, -0.15) is 0 Å². The molecule has 1 amide bonds.